The lowest BCUT2D eigenvalue weighted by atomic mass is 10.2. The highest BCUT2D eigenvalue weighted by Gasteiger charge is 2.12. The molecule has 0 spiro atoms. The average molecular weight is 298 g/mol. The number of pyridine rings is 1. The number of rotatable bonds is 3. The highest BCUT2D eigenvalue weighted by molar-refractivity contribution is 7.22. The van der Waals surface area contributed by atoms with E-state index in [1.807, 2.05) is 24.3 Å². The van der Waals surface area contributed by atoms with Crippen molar-refractivity contribution in [2.45, 2.75) is 13.0 Å². The molecule has 0 radical (unpaired) electrons. The van der Waals surface area contributed by atoms with Crippen LogP contribution in [-0.2, 0) is 13.0 Å². The molecule has 0 bridgehead atoms. The molecule has 0 atom stereocenters. The highest BCUT2D eigenvalue weighted by Crippen LogP contribution is 2.31. The van der Waals surface area contributed by atoms with Gasteiger partial charge in [-0.3, -0.25) is 0 Å². The van der Waals surface area contributed by atoms with E-state index >= 15 is 0 Å². The number of ether oxygens (including phenoxy) is 1. The number of anilines is 2. The first-order valence-corrected chi connectivity index (χ1v) is 7.62. The molecule has 0 saturated heterocycles. The number of benzene rings is 1. The molecule has 0 fully saturated rings. The Morgan fingerprint density at radius 2 is 2.19 bits per heavy atom. The van der Waals surface area contributed by atoms with Crippen LogP contribution in [0.2, 0.25) is 0 Å². The molecule has 1 aliphatic rings. The van der Waals surface area contributed by atoms with E-state index in [1.54, 1.807) is 0 Å². The van der Waals surface area contributed by atoms with Gasteiger partial charge in [-0.2, -0.15) is 0 Å². The van der Waals surface area contributed by atoms with Gasteiger partial charge in [0.2, 0.25) is 0 Å². The molecule has 0 unspecified atom stereocenters. The van der Waals surface area contributed by atoms with E-state index in [0.29, 0.717) is 11.7 Å². The van der Waals surface area contributed by atoms with Gasteiger partial charge < -0.3 is 15.8 Å². The lowest BCUT2D eigenvalue weighted by Gasteiger charge is -2.07. The fourth-order valence-corrected chi connectivity index (χ4v) is 3.24. The highest BCUT2D eigenvalue weighted by atomic mass is 32.1. The minimum Gasteiger partial charge on any atom is -0.485 e. The van der Waals surface area contributed by atoms with Crippen molar-refractivity contribution in [1.29, 1.82) is 0 Å². The Bertz CT molecular complexity index is 815. The normalized spacial score (nSPS) is 13.1. The summed E-state index contributed by atoms with van der Waals surface area (Å²) in [4.78, 5) is 8.90. The molecule has 0 amide bonds. The van der Waals surface area contributed by atoms with Crippen molar-refractivity contribution < 1.29 is 4.74 Å². The van der Waals surface area contributed by atoms with Crippen molar-refractivity contribution in [3.05, 3.63) is 41.6 Å². The number of hydrogen-bond acceptors (Lipinski definition) is 6. The molecule has 3 aromatic rings. The van der Waals surface area contributed by atoms with Crippen molar-refractivity contribution in [1.82, 2.24) is 9.97 Å². The van der Waals surface area contributed by atoms with Gasteiger partial charge in [0.15, 0.2) is 5.13 Å². The first-order valence-electron chi connectivity index (χ1n) is 6.80. The summed E-state index contributed by atoms with van der Waals surface area (Å²) in [5.74, 6) is 1.72. The second-order valence-corrected chi connectivity index (χ2v) is 5.99. The third kappa shape index (κ3) is 2.27. The van der Waals surface area contributed by atoms with Gasteiger partial charge in [0.1, 0.15) is 23.7 Å². The standard InChI is InChI=1S/C15H14N4OS/c16-15-19-13-11(2-1-3-12(13)21-15)20-8-10-5-4-9-6-7-17-14(9)18-10/h1-5H,6-8H2,(H2,16,19)(H,17,18). The van der Waals surface area contributed by atoms with Crippen LogP contribution in [0.4, 0.5) is 10.9 Å². The van der Waals surface area contributed by atoms with E-state index in [-0.39, 0.29) is 0 Å². The van der Waals surface area contributed by atoms with Crippen LogP contribution in [0.1, 0.15) is 11.3 Å². The third-order valence-electron chi connectivity index (χ3n) is 3.50. The van der Waals surface area contributed by atoms with Crippen LogP contribution < -0.4 is 15.8 Å². The minimum absolute atomic E-state index is 0.422. The first-order chi connectivity index (χ1) is 10.3. The second-order valence-electron chi connectivity index (χ2n) is 4.93. The Morgan fingerprint density at radius 1 is 1.24 bits per heavy atom. The molecule has 2 aromatic heterocycles. The number of nitrogens with one attached hydrogen (secondary N) is 1. The Hall–Kier alpha value is -2.34. The number of nitrogen functional groups attached to an aromatic ring is 1. The molecular formula is C15H14N4OS. The second kappa shape index (κ2) is 4.89. The molecule has 1 aliphatic heterocycles. The van der Waals surface area contributed by atoms with E-state index in [9.17, 15) is 0 Å². The maximum Gasteiger partial charge on any atom is 0.181 e. The number of aromatic nitrogens is 2. The lowest BCUT2D eigenvalue weighted by molar-refractivity contribution is 0.305. The quantitative estimate of drug-likeness (QED) is 0.778. The van der Waals surface area contributed by atoms with Gasteiger partial charge in [0, 0.05) is 6.54 Å². The van der Waals surface area contributed by atoms with Gasteiger partial charge >= 0.3 is 0 Å². The number of nitrogens with two attached hydrogens (primary N) is 1. The Kier molecular flexibility index (Phi) is 2.89. The van der Waals surface area contributed by atoms with Gasteiger partial charge in [0.05, 0.1) is 10.4 Å². The van der Waals surface area contributed by atoms with Gasteiger partial charge in [-0.05, 0) is 30.2 Å². The summed E-state index contributed by atoms with van der Waals surface area (Å²) in [5, 5.41) is 3.83. The Balaban J connectivity index is 1.58. The lowest BCUT2D eigenvalue weighted by Crippen LogP contribution is -2.01. The monoisotopic (exact) mass is 298 g/mol. The van der Waals surface area contributed by atoms with Crippen LogP contribution in [0.5, 0.6) is 5.75 Å². The summed E-state index contributed by atoms with van der Waals surface area (Å²) in [7, 11) is 0. The molecule has 5 nitrogen and oxygen atoms in total. The van der Waals surface area contributed by atoms with Gasteiger partial charge in [-0.25, -0.2) is 9.97 Å². The number of thiazole rings is 1. The summed E-state index contributed by atoms with van der Waals surface area (Å²) in [5.41, 5.74) is 8.76. The van der Waals surface area contributed by atoms with Crippen molar-refractivity contribution in [2.24, 2.45) is 0 Å². The van der Waals surface area contributed by atoms with Gasteiger partial charge in [-0.1, -0.05) is 23.5 Å². The number of para-hydroxylation sites is 1. The van der Waals surface area contributed by atoms with Crippen LogP contribution in [0.15, 0.2) is 30.3 Å². The summed E-state index contributed by atoms with van der Waals surface area (Å²) in [6.07, 6.45) is 1.04. The summed E-state index contributed by atoms with van der Waals surface area (Å²) >= 11 is 1.47. The summed E-state index contributed by atoms with van der Waals surface area (Å²) < 4.78 is 6.91. The van der Waals surface area contributed by atoms with Crippen molar-refractivity contribution >= 4 is 32.5 Å². The molecule has 4 rings (SSSR count). The predicted molar refractivity (Wildman–Crippen MR) is 84.8 cm³/mol. The van der Waals surface area contributed by atoms with E-state index < -0.39 is 0 Å². The third-order valence-corrected chi connectivity index (χ3v) is 4.35. The van der Waals surface area contributed by atoms with Crippen LogP contribution >= 0.6 is 11.3 Å². The zero-order valence-corrected chi connectivity index (χ0v) is 12.1. The van der Waals surface area contributed by atoms with E-state index in [4.69, 9.17) is 10.5 Å². The topological polar surface area (TPSA) is 73.1 Å². The average Bonchev–Trinajstić information content (AvgIpc) is 3.09. The van der Waals surface area contributed by atoms with Crippen molar-refractivity contribution in [3.63, 3.8) is 0 Å². The molecule has 3 heterocycles. The largest absolute Gasteiger partial charge is 0.485 e. The summed E-state index contributed by atoms with van der Waals surface area (Å²) in [6.45, 7) is 1.38. The van der Waals surface area contributed by atoms with Crippen LogP contribution in [0.3, 0.4) is 0 Å². The molecule has 1 aromatic carbocycles. The number of hydrogen-bond donors (Lipinski definition) is 2. The van der Waals surface area contributed by atoms with E-state index in [1.165, 1.54) is 16.9 Å². The SMILES string of the molecule is Nc1nc2c(OCc3ccc4c(n3)NCC4)cccc2s1. The zero-order chi connectivity index (χ0) is 14.2. The summed E-state index contributed by atoms with van der Waals surface area (Å²) in [6, 6.07) is 9.98. The molecule has 106 valence electrons. The maximum atomic E-state index is 5.88. The predicted octanol–water partition coefficient (Wildman–Crippen LogP) is 2.82. The fraction of sp³-hybridized carbons (Fsp3) is 0.200. The number of fused-ring (bicyclic) bond motifs is 2. The molecular weight excluding hydrogens is 284 g/mol. The van der Waals surface area contributed by atoms with Crippen LogP contribution in [-0.4, -0.2) is 16.5 Å². The minimum atomic E-state index is 0.422. The Labute approximate surface area is 125 Å². The molecule has 0 aliphatic carbocycles. The van der Waals surface area contributed by atoms with Gasteiger partial charge in [0.25, 0.3) is 0 Å². The fourth-order valence-electron chi connectivity index (χ4n) is 2.49. The number of nitrogens with zero attached hydrogens (tertiary/aromatic N) is 2. The zero-order valence-electron chi connectivity index (χ0n) is 11.3. The van der Waals surface area contributed by atoms with E-state index in [2.05, 4.69) is 21.4 Å². The van der Waals surface area contributed by atoms with Crippen LogP contribution in [0.25, 0.3) is 10.2 Å². The molecule has 6 heteroatoms. The first kappa shape index (κ1) is 12.4. The van der Waals surface area contributed by atoms with Crippen molar-refractivity contribution in [3.8, 4) is 5.75 Å². The smallest absolute Gasteiger partial charge is 0.181 e. The van der Waals surface area contributed by atoms with Crippen molar-refractivity contribution in [2.75, 3.05) is 17.6 Å². The van der Waals surface area contributed by atoms with Crippen LogP contribution in [0, 0.1) is 0 Å². The Morgan fingerprint density at radius 3 is 3.14 bits per heavy atom. The molecule has 3 N–H and O–H groups in total. The molecule has 0 saturated carbocycles. The maximum absolute atomic E-state index is 5.88. The van der Waals surface area contributed by atoms with Gasteiger partial charge in [-0.15, -0.1) is 0 Å². The van der Waals surface area contributed by atoms with E-state index in [0.717, 1.165) is 40.4 Å². The molecule has 21 heavy (non-hydrogen) atoms.